The van der Waals surface area contributed by atoms with Crippen molar-refractivity contribution in [1.29, 1.82) is 0 Å². The fraction of sp³-hybridized carbons (Fsp3) is 0.261. The molecule has 0 spiro atoms. The maximum absolute atomic E-state index is 13.1. The number of benzene rings is 2. The number of aromatic nitrogens is 7. The molecule has 0 saturated carbocycles. The molecule has 0 unspecified atom stereocenters. The van der Waals surface area contributed by atoms with Crippen LogP contribution in [-0.4, -0.2) is 42.9 Å². The largest absolute Gasteiger partial charge is 0.381 e. The highest BCUT2D eigenvalue weighted by Gasteiger charge is 2.21. The van der Waals surface area contributed by atoms with Gasteiger partial charge in [-0.25, -0.2) is 4.52 Å². The molecule has 1 aliphatic heterocycles. The molecule has 1 saturated heterocycles. The van der Waals surface area contributed by atoms with Gasteiger partial charge in [-0.3, -0.25) is 19.7 Å². The molecule has 3 aromatic heterocycles. The van der Waals surface area contributed by atoms with Crippen molar-refractivity contribution in [3.05, 3.63) is 64.6 Å². The van der Waals surface area contributed by atoms with Gasteiger partial charge in [-0.05, 0) is 47.7 Å². The van der Waals surface area contributed by atoms with Gasteiger partial charge >= 0.3 is 0 Å². The van der Waals surface area contributed by atoms with E-state index in [1.165, 1.54) is 0 Å². The summed E-state index contributed by atoms with van der Waals surface area (Å²) in [6.07, 6.45) is 1.89. The standard InChI is InChI=1S/C23H20N7O2/c1-29-21-13-19(14-7-9-32-10-8-14)26-30(21)20-12-16(5-6-18(20)23(29)31)15-3-2-4-17(11-15)22-24-27-28-25-22/h2-6,11-14H,7-10H2,1H3/q-1. The first kappa shape index (κ1) is 18.9. The summed E-state index contributed by atoms with van der Waals surface area (Å²) < 4.78 is 9.07. The molecule has 0 bridgehead atoms. The molecule has 9 heteroatoms. The Balaban J connectivity index is 1.53. The highest BCUT2D eigenvalue weighted by molar-refractivity contribution is 5.86. The molecule has 0 amide bonds. The number of rotatable bonds is 3. The highest BCUT2D eigenvalue weighted by atomic mass is 16.5. The summed E-state index contributed by atoms with van der Waals surface area (Å²) in [5.41, 5.74) is 5.35. The molecular formula is C23H20N7O2-. The van der Waals surface area contributed by atoms with E-state index in [1.54, 1.807) is 11.6 Å². The normalized spacial score (nSPS) is 15.0. The summed E-state index contributed by atoms with van der Waals surface area (Å²) in [5.74, 6) is 0.831. The average Bonchev–Trinajstić information content (AvgIpc) is 3.54. The van der Waals surface area contributed by atoms with E-state index >= 15 is 0 Å². The van der Waals surface area contributed by atoms with Crippen LogP contribution in [0.5, 0.6) is 0 Å². The number of tetrazole rings is 1. The van der Waals surface area contributed by atoms with E-state index < -0.39 is 0 Å². The van der Waals surface area contributed by atoms with Gasteiger partial charge in [0.15, 0.2) is 0 Å². The summed E-state index contributed by atoms with van der Waals surface area (Å²) in [5, 5.41) is 20.6. The van der Waals surface area contributed by atoms with Gasteiger partial charge in [0.25, 0.3) is 5.56 Å². The SMILES string of the molecule is Cn1c(=O)c2ccc(-c3cccc(-c4nnn[n-]4)c3)cc2n2nc(C3CCOCC3)cc12. The van der Waals surface area contributed by atoms with Crippen LogP contribution in [0, 0.1) is 0 Å². The lowest BCUT2D eigenvalue weighted by Gasteiger charge is -2.19. The Labute approximate surface area is 182 Å². The maximum Gasteiger partial charge on any atom is 0.261 e. The number of nitrogens with zero attached hydrogens (tertiary/aromatic N) is 7. The topological polar surface area (TPSA) is 101 Å². The third-order valence-electron chi connectivity index (χ3n) is 6.23. The van der Waals surface area contributed by atoms with Crippen molar-refractivity contribution in [2.24, 2.45) is 7.05 Å². The van der Waals surface area contributed by atoms with Gasteiger partial charge in [0, 0.05) is 38.1 Å². The van der Waals surface area contributed by atoms with E-state index in [0.29, 0.717) is 17.1 Å². The fourth-order valence-corrected chi connectivity index (χ4v) is 4.45. The number of hydrogen-bond donors (Lipinski definition) is 0. The van der Waals surface area contributed by atoms with Crippen LogP contribution >= 0.6 is 0 Å². The summed E-state index contributed by atoms with van der Waals surface area (Å²) in [6.45, 7) is 1.49. The molecule has 0 radical (unpaired) electrons. The Morgan fingerprint density at radius 3 is 2.66 bits per heavy atom. The lowest BCUT2D eigenvalue weighted by molar-refractivity contribution is 0.0844. The maximum atomic E-state index is 13.1. The van der Waals surface area contributed by atoms with Gasteiger partial charge in [0.05, 0.1) is 16.6 Å². The first-order valence-electron chi connectivity index (χ1n) is 10.6. The average molecular weight is 426 g/mol. The van der Waals surface area contributed by atoms with Crippen molar-refractivity contribution < 1.29 is 4.74 Å². The molecule has 5 aromatic rings. The van der Waals surface area contributed by atoms with Crippen molar-refractivity contribution in [3.63, 3.8) is 0 Å². The third-order valence-corrected chi connectivity index (χ3v) is 6.23. The van der Waals surface area contributed by atoms with E-state index in [1.807, 2.05) is 53.0 Å². The number of hydrogen-bond acceptors (Lipinski definition) is 6. The van der Waals surface area contributed by atoms with Crippen LogP contribution in [0.1, 0.15) is 24.5 Å². The number of fused-ring (bicyclic) bond motifs is 3. The molecule has 6 rings (SSSR count). The van der Waals surface area contributed by atoms with E-state index in [4.69, 9.17) is 9.84 Å². The summed E-state index contributed by atoms with van der Waals surface area (Å²) in [6, 6.07) is 15.8. The predicted octanol–water partition coefficient (Wildman–Crippen LogP) is 2.56. The summed E-state index contributed by atoms with van der Waals surface area (Å²) in [4.78, 5) is 13.1. The Bertz CT molecular complexity index is 1490. The molecule has 9 nitrogen and oxygen atoms in total. The van der Waals surface area contributed by atoms with Gasteiger partial charge in [-0.2, -0.15) is 10.3 Å². The molecule has 1 aliphatic rings. The monoisotopic (exact) mass is 426 g/mol. The van der Waals surface area contributed by atoms with E-state index in [9.17, 15) is 4.79 Å². The summed E-state index contributed by atoms with van der Waals surface area (Å²) in [7, 11) is 1.80. The van der Waals surface area contributed by atoms with E-state index in [-0.39, 0.29) is 5.56 Å². The summed E-state index contributed by atoms with van der Waals surface area (Å²) >= 11 is 0. The minimum atomic E-state index is -0.0337. The second-order valence-corrected chi connectivity index (χ2v) is 8.11. The second-order valence-electron chi connectivity index (χ2n) is 8.11. The van der Waals surface area contributed by atoms with E-state index in [2.05, 4.69) is 20.6 Å². The smallest absolute Gasteiger partial charge is 0.261 e. The van der Waals surface area contributed by atoms with Crippen LogP contribution in [0.4, 0.5) is 0 Å². The van der Waals surface area contributed by atoms with Gasteiger partial charge in [0.1, 0.15) is 5.65 Å². The molecule has 0 aliphatic carbocycles. The van der Waals surface area contributed by atoms with Gasteiger partial charge in [-0.15, -0.1) is 0 Å². The fourth-order valence-electron chi connectivity index (χ4n) is 4.45. The molecule has 4 heterocycles. The number of aryl methyl sites for hydroxylation is 1. The first-order valence-corrected chi connectivity index (χ1v) is 10.6. The van der Waals surface area contributed by atoms with Crippen LogP contribution < -0.4 is 10.7 Å². The second kappa shape index (κ2) is 7.38. The zero-order valence-electron chi connectivity index (χ0n) is 17.5. The van der Waals surface area contributed by atoms with Crippen molar-refractivity contribution in [2.45, 2.75) is 18.8 Å². The predicted molar refractivity (Wildman–Crippen MR) is 118 cm³/mol. The molecule has 0 N–H and O–H groups in total. The Morgan fingerprint density at radius 2 is 1.84 bits per heavy atom. The highest BCUT2D eigenvalue weighted by Crippen LogP contribution is 2.29. The molecular weight excluding hydrogens is 406 g/mol. The van der Waals surface area contributed by atoms with Crippen molar-refractivity contribution in [2.75, 3.05) is 13.2 Å². The van der Waals surface area contributed by atoms with Crippen molar-refractivity contribution in [3.8, 4) is 22.5 Å². The number of ether oxygens (including phenoxy) is 1. The zero-order valence-corrected chi connectivity index (χ0v) is 17.5. The molecule has 32 heavy (non-hydrogen) atoms. The van der Waals surface area contributed by atoms with E-state index in [0.717, 1.165) is 59.6 Å². The van der Waals surface area contributed by atoms with Crippen molar-refractivity contribution in [1.82, 2.24) is 34.8 Å². The van der Waals surface area contributed by atoms with Crippen molar-refractivity contribution >= 4 is 16.6 Å². The Kier molecular flexibility index (Phi) is 4.36. The molecule has 2 aromatic carbocycles. The molecule has 0 atom stereocenters. The van der Waals surface area contributed by atoms with Gasteiger partial charge in [0.2, 0.25) is 0 Å². The van der Waals surface area contributed by atoms with Gasteiger partial charge in [-0.1, -0.05) is 24.3 Å². The Hall–Kier alpha value is -3.85. The zero-order chi connectivity index (χ0) is 21.7. The molecule has 1 fully saturated rings. The lowest BCUT2D eigenvalue weighted by Crippen LogP contribution is -2.19. The van der Waals surface area contributed by atoms with Crippen LogP contribution in [0.15, 0.2) is 53.3 Å². The van der Waals surface area contributed by atoms with Crippen LogP contribution in [0.2, 0.25) is 0 Å². The van der Waals surface area contributed by atoms with Crippen LogP contribution in [-0.2, 0) is 11.8 Å². The van der Waals surface area contributed by atoms with Crippen LogP contribution in [0.3, 0.4) is 0 Å². The minimum Gasteiger partial charge on any atom is -0.381 e. The quantitative estimate of drug-likeness (QED) is 0.437. The molecule has 160 valence electrons. The van der Waals surface area contributed by atoms with Crippen LogP contribution in [0.25, 0.3) is 39.1 Å². The third kappa shape index (κ3) is 3.01. The Morgan fingerprint density at radius 1 is 1.03 bits per heavy atom. The first-order chi connectivity index (χ1) is 15.7. The minimum absolute atomic E-state index is 0.0337. The van der Waals surface area contributed by atoms with Gasteiger partial charge < -0.3 is 9.84 Å². The lowest BCUT2D eigenvalue weighted by atomic mass is 9.97.